The van der Waals surface area contributed by atoms with Crippen molar-refractivity contribution in [3.63, 3.8) is 0 Å². The lowest BCUT2D eigenvalue weighted by molar-refractivity contribution is 0.303. The third-order valence-corrected chi connectivity index (χ3v) is 2.58. The molecule has 0 aliphatic carbocycles. The lowest BCUT2D eigenvalue weighted by atomic mass is 10.2. The second-order valence-electron chi connectivity index (χ2n) is 3.22. The van der Waals surface area contributed by atoms with Gasteiger partial charge in [-0.3, -0.25) is 0 Å². The molecule has 2 aromatic rings. The molecule has 1 aromatic heterocycles. The predicted octanol–water partition coefficient (Wildman–Crippen LogP) is 3.56. The maximum atomic E-state index is 12.8. The smallest absolute Gasteiger partial charge is 0.227 e. The second-order valence-corrected chi connectivity index (χ2v) is 4.07. The van der Waals surface area contributed by atoms with Gasteiger partial charge >= 0.3 is 0 Å². The molecule has 0 fully saturated rings. The molecule has 2 rings (SSSR count). The molecule has 0 radical (unpaired) electrons. The first kappa shape index (κ1) is 11.1. The van der Waals surface area contributed by atoms with Crippen molar-refractivity contribution in [2.75, 3.05) is 0 Å². The van der Waals surface area contributed by atoms with Crippen LogP contribution in [0.4, 0.5) is 4.39 Å². The highest BCUT2D eigenvalue weighted by atomic mass is 79.9. The Labute approximate surface area is 101 Å². The molecule has 2 nitrogen and oxygen atoms in total. The van der Waals surface area contributed by atoms with Crippen molar-refractivity contribution in [1.82, 2.24) is 4.98 Å². The molecule has 1 heterocycles. The minimum atomic E-state index is -0.535. The number of pyridine rings is 1. The van der Waals surface area contributed by atoms with Gasteiger partial charge in [0.05, 0.1) is 10.7 Å². The van der Waals surface area contributed by atoms with Crippen LogP contribution in [0.25, 0.3) is 0 Å². The molecule has 0 bridgehead atoms. The summed E-state index contributed by atoms with van der Waals surface area (Å²) in [6, 6.07) is 11.3. The van der Waals surface area contributed by atoms with Gasteiger partial charge in [0.15, 0.2) is 0 Å². The Kier molecular flexibility index (Phi) is 3.51. The fourth-order valence-electron chi connectivity index (χ4n) is 1.22. The predicted molar refractivity (Wildman–Crippen MR) is 62.7 cm³/mol. The summed E-state index contributed by atoms with van der Waals surface area (Å²) >= 11 is 3.05. The minimum Gasteiger partial charge on any atom is -0.487 e. The number of aromatic nitrogens is 1. The van der Waals surface area contributed by atoms with Crippen molar-refractivity contribution >= 4 is 15.9 Å². The minimum absolute atomic E-state index is 0.304. The van der Waals surface area contributed by atoms with Gasteiger partial charge in [0.25, 0.3) is 0 Å². The molecular weight excluding hydrogens is 273 g/mol. The van der Waals surface area contributed by atoms with Gasteiger partial charge in [-0.05, 0) is 21.5 Å². The molecular formula is C12H9BrFNO. The lowest BCUT2D eigenvalue weighted by Crippen LogP contribution is -1.96. The largest absolute Gasteiger partial charge is 0.487 e. The first-order valence-corrected chi connectivity index (χ1v) is 5.53. The maximum absolute atomic E-state index is 12.8. The number of hydrogen-bond acceptors (Lipinski definition) is 2. The van der Waals surface area contributed by atoms with Gasteiger partial charge < -0.3 is 4.74 Å². The van der Waals surface area contributed by atoms with Crippen molar-refractivity contribution in [1.29, 1.82) is 0 Å². The normalized spacial score (nSPS) is 10.1. The Balaban J connectivity index is 2.03. The molecule has 1 aromatic carbocycles. The molecule has 82 valence electrons. The number of halogens is 2. The fourth-order valence-corrected chi connectivity index (χ4v) is 1.55. The number of ether oxygens (including phenoxy) is 1. The van der Waals surface area contributed by atoms with Crippen molar-refractivity contribution in [3.8, 4) is 5.75 Å². The van der Waals surface area contributed by atoms with Gasteiger partial charge in [-0.1, -0.05) is 30.3 Å². The molecule has 0 unspecified atom stereocenters. The number of rotatable bonds is 3. The maximum Gasteiger partial charge on any atom is 0.227 e. The second kappa shape index (κ2) is 5.07. The van der Waals surface area contributed by atoms with Gasteiger partial charge in [-0.2, -0.15) is 4.39 Å². The van der Waals surface area contributed by atoms with E-state index in [1.165, 1.54) is 6.20 Å². The summed E-state index contributed by atoms with van der Waals surface area (Å²) in [5, 5.41) is 0. The molecule has 0 N–H and O–H groups in total. The van der Waals surface area contributed by atoms with Crippen molar-refractivity contribution in [2.45, 2.75) is 6.61 Å². The quantitative estimate of drug-likeness (QED) is 0.803. The van der Waals surface area contributed by atoms with Gasteiger partial charge in [0.2, 0.25) is 5.95 Å². The van der Waals surface area contributed by atoms with Crippen LogP contribution in [0.3, 0.4) is 0 Å². The van der Waals surface area contributed by atoms with Gasteiger partial charge in [0, 0.05) is 6.07 Å². The zero-order valence-corrected chi connectivity index (χ0v) is 9.95. The van der Waals surface area contributed by atoms with E-state index in [0.29, 0.717) is 16.8 Å². The topological polar surface area (TPSA) is 22.1 Å². The molecule has 0 spiro atoms. The Morgan fingerprint density at radius 1 is 1.25 bits per heavy atom. The van der Waals surface area contributed by atoms with E-state index in [9.17, 15) is 4.39 Å². The van der Waals surface area contributed by atoms with Crippen LogP contribution in [-0.4, -0.2) is 4.98 Å². The molecule has 16 heavy (non-hydrogen) atoms. The summed E-state index contributed by atoms with van der Waals surface area (Å²) in [5.74, 6) is 0.00388. The van der Waals surface area contributed by atoms with Crippen molar-refractivity contribution in [2.24, 2.45) is 0 Å². The van der Waals surface area contributed by atoms with E-state index < -0.39 is 5.95 Å². The number of benzene rings is 1. The zero-order valence-electron chi connectivity index (χ0n) is 8.36. The van der Waals surface area contributed by atoms with Crippen LogP contribution in [0.2, 0.25) is 0 Å². The van der Waals surface area contributed by atoms with E-state index in [1.54, 1.807) is 6.07 Å². The van der Waals surface area contributed by atoms with Crippen LogP contribution in [0.1, 0.15) is 5.56 Å². The van der Waals surface area contributed by atoms with Crippen molar-refractivity contribution in [3.05, 3.63) is 58.6 Å². The summed E-state index contributed by atoms with van der Waals surface area (Å²) < 4.78 is 18.6. The highest BCUT2D eigenvalue weighted by Gasteiger charge is 2.02. The number of hydrogen-bond donors (Lipinski definition) is 0. The first-order valence-electron chi connectivity index (χ1n) is 4.73. The molecule has 0 amide bonds. The first-order chi connectivity index (χ1) is 7.75. The van der Waals surface area contributed by atoms with Crippen LogP contribution in [0.15, 0.2) is 47.1 Å². The molecule has 0 atom stereocenters. The van der Waals surface area contributed by atoms with Gasteiger partial charge in [-0.15, -0.1) is 0 Å². The standard InChI is InChI=1S/C12H9BrFNO/c13-11-6-10(7-15-12(11)14)16-8-9-4-2-1-3-5-9/h1-7H,8H2. The molecule has 0 aliphatic rings. The SMILES string of the molecule is Fc1ncc(OCc2ccccc2)cc1Br. The van der Waals surface area contributed by atoms with E-state index in [1.807, 2.05) is 30.3 Å². The Morgan fingerprint density at radius 3 is 2.69 bits per heavy atom. The average Bonchev–Trinajstić information content (AvgIpc) is 2.32. The van der Waals surface area contributed by atoms with Crippen LogP contribution in [0.5, 0.6) is 5.75 Å². The summed E-state index contributed by atoms with van der Waals surface area (Å²) in [5.41, 5.74) is 1.06. The van der Waals surface area contributed by atoms with E-state index >= 15 is 0 Å². The van der Waals surface area contributed by atoms with E-state index in [0.717, 1.165) is 5.56 Å². The zero-order chi connectivity index (χ0) is 11.4. The number of nitrogens with zero attached hydrogens (tertiary/aromatic N) is 1. The highest BCUT2D eigenvalue weighted by Crippen LogP contribution is 2.20. The van der Waals surface area contributed by atoms with E-state index in [4.69, 9.17) is 4.74 Å². The van der Waals surface area contributed by atoms with E-state index in [-0.39, 0.29) is 0 Å². The van der Waals surface area contributed by atoms with Crippen molar-refractivity contribution < 1.29 is 9.13 Å². The molecule has 0 saturated carbocycles. The average molecular weight is 282 g/mol. The summed E-state index contributed by atoms with van der Waals surface area (Å²) in [6.07, 6.45) is 1.36. The third kappa shape index (κ3) is 2.79. The Bertz CT molecular complexity index is 476. The van der Waals surface area contributed by atoms with E-state index in [2.05, 4.69) is 20.9 Å². The Morgan fingerprint density at radius 2 is 2.00 bits per heavy atom. The van der Waals surface area contributed by atoms with Crippen LogP contribution >= 0.6 is 15.9 Å². The molecule has 0 saturated heterocycles. The highest BCUT2D eigenvalue weighted by molar-refractivity contribution is 9.10. The summed E-state index contributed by atoms with van der Waals surface area (Å²) in [4.78, 5) is 3.55. The fraction of sp³-hybridized carbons (Fsp3) is 0.0833. The molecule has 4 heteroatoms. The van der Waals surface area contributed by atoms with Crippen LogP contribution in [0, 0.1) is 5.95 Å². The monoisotopic (exact) mass is 281 g/mol. The summed E-state index contributed by atoms with van der Waals surface area (Å²) in [6.45, 7) is 0.445. The lowest BCUT2D eigenvalue weighted by Gasteiger charge is -2.06. The third-order valence-electron chi connectivity index (χ3n) is 2.02. The van der Waals surface area contributed by atoms with Gasteiger partial charge in [0.1, 0.15) is 12.4 Å². The van der Waals surface area contributed by atoms with Crippen LogP contribution < -0.4 is 4.74 Å². The molecule has 0 aliphatic heterocycles. The summed E-state index contributed by atoms with van der Waals surface area (Å²) in [7, 11) is 0. The Hall–Kier alpha value is -1.42. The van der Waals surface area contributed by atoms with Crippen LogP contribution in [-0.2, 0) is 6.61 Å². The van der Waals surface area contributed by atoms with Gasteiger partial charge in [-0.25, -0.2) is 4.98 Å².